The topological polar surface area (TPSA) is 34.9 Å². The standard InChI is InChI=1S/C25H16F2N2O/c26-18-13-12-17(22(27)14-18)15-29-23-11-4-3-9-21(23)25(30)24(28-29)20-10-5-7-16-6-1-2-8-19(16)20/h1-14H,15H2. The van der Waals surface area contributed by atoms with Crippen molar-refractivity contribution in [2.24, 2.45) is 0 Å². The molecule has 1 aromatic heterocycles. The van der Waals surface area contributed by atoms with Gasteiger partial charge in [0.2, 0.25) is 5.43 Å². The van der Waals surface area contributed by atoms with Crippen LogP contribution in [-0.2, 0) is 6.54 Å². The maximum atomic E-state index is 14.3. The Kier molecular flexibility index (Phi) is 4.36. The minimum atomic E-state index is -0.647. The molecular formula is C25H16F2N2O. The molecule has 0 atom stereocenters. The summed E-state index contributed by atoms with van der Waals surface area (Å²) in [6.45, 7) is 0.0741. The monoisotopic (exact) mass is 398 g/mol. The first-order valence-electron chi connectivity index (χ1n) is 9.54. The molecule has 0 aliphatic rings. The van der Waals surface area contributed by atoms with E-state index in [2.05, 4.69) is 5.10 Å². The largest absolute Gasteiger partial charge is 0.287 e. The Morgan fingerprint density at radius 2 is 1.53 bits per heavy atom. The van der Waals surface area contributed by atoms with Gasteiger partial charge in [-0.3, -0.25) is 9.48 Å². The molecule has 0 unspecified atom stereocenters. The van der Waals surface area contributed by atoms with E-state index in [1.165, 1.54) is 12.1 Å². The van der Waals surface area contributed by atoms with E-state index in [1.54, 1.807) is 28.9 Å². The van der Waals surface area contributed by atoms with Crippen LogP contribution in [0.5, 0.6) is 0 Å². The van der Waals surface area contributed by atoms with Crippen molar-refractivity contribution in [3.05, 3.63) is 112 Å². The molecule has 0 N–H and O–H groups in total. The summed E-state index contributed by atoms with van der Waals surface area (Å²) in [7, 11) is 0. The lowest BCUT2D eigenvalue weighted by molar-refractivity contribution is 0.560. The van der Waals surface area contributed by atoms with Crippen molar-refractivity contribution < 1.29 is 8.78 Å². The lowest BCUT2D eigenvalue weighted by Gasteiger charge is -2.14. The molecule has 0 saturated carbocycles. The summed E-state index contributed by atoms with van der Waals surface area (Å²) in [5.74, 6) is -1.28. The molecule has 3 nitrogen and oxygen atoms in total. The van der Waals surface area contributed by atoms with Gasteiger partial charge in [-0.1, -0.05) is 60.7 Å². The van der Waals surface area contributed by atoms with E-state index in [4.69, 9.17) is 0 Å². The number of hydrogen-bond donors (Lipinski definition) is 0. The van der Waals surface area contributed by atoms with Crippen molar-refractivity contribution in [1.82, 2.24) is 9.78 Å². The SMILES string of the molecule is O=c1c(-c2cccc3ccccc23)nn(Cc2ccc(F)cc2F)c2ccccc12. The molecule has 30 heavy (non-hydrogen) atoms. The van der Waals surface area contributed by atoms with Crippen molar-refractivity contribution in [2.45, 2.75) is 6.54 Å². The van der Waals surface area contributed by atoms with Crippen LogP contribution < -0.4 is 5.43 Å². The third-order valence-corrected chi connectivity index (χ3v) is 5.24. The number of fused-ring (bicyclic) bond motifs is 2. The lowest BCUT2D eigenvalue weighted by Crippen LogP contribution is -2.17. The van der Waals surface area contributed by atoms with Crippen molar-refractivity contribution in [3.63, 3.8) is 0 Å². The van der Waals surface area contributed by atoms with Crippen LogP contribution in [0.25, 0.3) is 32.9 Å². The van der Waals surface area contributed by atoms with E-state index < -0.39 is 11.6 Å². The quantitative estimate of drug-likeness (QED) is 0.400. The van der Waals surface area contributed by atoms with Crippen LogP contribution >= 0.6 is 0 Å². The van der Waals surface area contributed by atoms with Gasteiger partial charge in [-0.25, -0.2) is 8.78 Å². The predicted molar refractivity (Wildman–Crippen MR) is 114 cm³/mol. The summed E-state index contributed by atoms with van der Waals surface area (Å²) >= 11 is 0. The zero-order valence-corrected chi connectivity index (χ0v) is 15.8. The van der Waals surface area contributed by atoms with Crippen LogP contribution in [0.15, 0.2) is 89.7 Å². The Hall–Kier alpha value is -3.86. The Bertz CT molecular complexity index is 1470. The zero-order valence-electron chi connectivity index (χ0n) is 15.8. The Labute approximate surface area is 170 Å². The van der Waals surface area contributed by atoms with Gasteiger partial charge in [0.15, 0.2) is 0 Å². The van der Waals surface area contributed by atoms with Crippen LogP contribution in [0.4, 0.5) is 8.78 Å². The van der Waals surface area contributed by atoms with Crippen molar-refractivity contribution in [1.29, 1.82) is 0 Å². The smallest absolute Gasteiger partial charge is 0.215 e. The Balaban J connectivity index is 1.78. The highest BCUT2D eigenvalue weighted by Gasteiger charge is 2.15. The van der Waals surface area contributed by atoms with Gasteiger partial charge in [-0.05, 0) is 29.0 Å². The summed E-state index contributed by atoms with van der Waals surface area (Å²) in [6, 6.07) is 24.1. The van der Waals surface area contributed by atoms with Gasteiger partial charge in [0.1, 0.15) is 17.3 Å². The summed E-state index contributed by atoms with van der Waals surface area (Å²) in [4.78, 5) is 13.3. The van der Waals surface area contributed by atoms with E-state index in [0.29, 0.717) is 22.2 Å². The fraction of sp³-hybridized carbons (Fsp3) is 0.0400. The van der Waals surface area contributed by atoms with Crippen LogP contribution in [-0.4, -0.2) is 9.78 Å². The van der Waals surface area contributed by atoms with Gasteiger partial charge in [-0.15, -0.1) is 0 Å². The molecular weight excluding hydrogens is 382 g/mol. The summed E-state index contributed by atoms with van der Waals surface area (Å²) in [5.41, 5.74) is 1.72. The number of nitrogens with zero attached hydrogens (tertiary/aromatic N) is 2. The van der Waals surface area contributed by atoms with Crippen LogP contribution in [0, 0.1) is 11.6 Å². The van der Waals surface area contributed by atoms with E-state index >= 15 is 0 Å². The summed E-state index contributed by atoms with van der Waals surface area (Å²) in [5, 5.41) is 7.04. The van der Waals surface area contributed by atoms with Crippen molar-refractivity contribution >= 4 is 21.7 Å². The fourth-order valence-corrected chi connectivity index (χ4v) is 3.78. The molecule has 5 aromatic rings. The Morgan fingerprint density at radius 3 is 2.37 bits per heavy atom. The lowest BCUT2D eigenvalue weighted by atomic mass is 10.0. The van der Waals surface area contributed by atoms with Gasteiger partial charge < -0.3 is 0 Å². The third-order valence-electron chi connectivity index (χ3n) is 5.24. The highest BCUT2D eigenvalue weighted by molar-refractivity contribution is 5.97. The van der Waals surface area contributed by atoms with Crippen molar-refractivity contribution in [3.8, 4) is 11.3 Å². The van der Waals surface area contributed by atoms with Crippen LogP contribution in [0.2, 0.25) is 0 Å². The van der Waals surface area contributed by atoms with E-state index in [-0.39, 0.29) is 12.0 Å². The molecule has 0 radical (unpaired) electrons. The average Bonchev–Trinajstić information content (AvgIpc) is 2.77. The number of hydrogen-bond acceptors (Lipinski definition) is 2. The molecule has 5 heteroatoms. The first-order valence-corrected chi connectivity index (χ1v) is 9.54. The van der Waals surface area contributed by atoms with Gasteiger partial charge in [-0.2, -0.15) is 5.10 Å². The second-order valence-electron chi connectivity index (χ2n) is 7.11. The van der Waals surface area contributed by atoms with Crippen LogP contribution in [0.1, 0.15) is 5.56 Å². The van der Waals surface area contributed by atoms with E-state index in [1.807, 2.05) is 42.5 Å². The molecule has 0 saturated heterocycles. The number of halogens is 2. The molecule has 0 aliphatic carbocycles. The molecule has 0 aliphatic heterocycles. The molecule has 0 bridgehead atoms. The number of aromatic nitrogens is 2. The molecule has 4 aromatic carbocycles. The normalized spacial score (nSPS) is 11.3. The number of rotatable bonds is 3. The first-order chi connectivity index (χ1) is 14.6. The molecule has 146 valence electrons. The predicted octanol–water partition coefficient (Wildman–Crippen LogP) is 5.54. The zero-order chi connectivity index (χ0) is 20.7. The second-order valence-corrected chi connectivity index (χ2v) is 7.11. The van der Waals surface area contributed by atoms with E-state index in [9.17, 15) is 13.6 Å². The molecule has 0 fully saturated rings. The molecule has 5 rings (SSSR count). The first kappa shape index (κ1) is 18.2. The second kappa shape index (κ2) is 7.19. The number of benzene rings is 4. The molecule has 0 amide bonds. The molecule has 0 spiro atoms. The van der Waals surface area contributed by atoms with Gasteiger partial charge in [0.25, 0.3) is 0 Å². The number of para-hydroxylation sites is 1. The maximum absolute atomic E-state index is 14.3. The van der Waals surface area contributed by atoms with Gasteiger partial charge in [0, 0.05) is 22.6 Å². The van der Waals surface area contributed by atoms with Gasteiger partial charge in [0.05, 0.1) is 12.1 Å². The van der Waals surface area contributed by atoms with Crippen LogP contribution in [0.3, 0.4) is 0 Å². The van der Waals surface area contributed by atoms with Crippen molar-refractivity contribution in [2.75, 3.05) is 0 Å². The third kappa shape index (κ3) is 3.05. The minimum absolute atomic E-state index is 0.0741. The fourth-order valence-electron chi connectivity index (χ4n) is 3.78. The summed E-state index contributed by atoms with van der Waals surface area (Å²) in [6.07, 6.45) is 0. The highest BCUT2D eigenvalue weighted by Crippen LogP contribution is 2.27. The minimum Gasteiger partial charge on any atom is -0.287 e. The summed E-state index contributed by atoms with van der Waals surface area (Å²) < 4.78 is 29.2. The van der Waals surface area contributed by atoms with Gasteiger partial charge >= 0.3 is 0 Å². The average molecular weight is 398 g/mol. The van der Waals surface area contributed by atoms with E-state index in [0.717, 1.165) is 22.4 Å². The Morgan fingerprint density at radius 1 is 0.800 bits per heavy atom. The highest BCUT2D eigenvalue weighted by atomic mass is 19.1. The molecule has 1 heterocycles. The maximum Gasteiger partial charge on any atom is 0.215 e.